The van der Waals surface area contributed by atoms with E-state index in [-0.39, 0.29) is 11.8 Å². The van der Waals surface area contributed by atoms with E-state index in [1.54, 1.807) is 7.11 Å². The van der Waals surface area contributed by atoms with E-state index in [1.807, 2.05) is 47.1 Å². The van der Waals surface area contributed by atoms with Gasteiger partial charge in [-0.15, -0.1) is 0 Å². The van der Waals surface area contributed by atoms with Crippen LogP contribution in [0.5, 0.6) is 11.5 Å². The van der Waals surface area contributed by atoms with Crippen molar-refractivity contribution in [2.75, 3.05) is 20.3 Å². The van der Waals surface area contributed by atoms with Crippen molar-refractivity contribution in [3.63, 3.8) is 0 Å². The molecule has 1 amide bonds. The Morgan fingerprint density at radius 3 is 3.11 bits per heavy atom. The zero-order valence-electron chi connectivity index (χ0n) is 15.4. The summed E-state index contributed by atoms with van der Waals surface area (Å²) in [7, 11) is 1.65. The van der Waals surface area contributed by atoms with Crippen LogP contribution in [0, 0.1) is 5.92 Å². The monoisotopic (exact) mass is 365 g/mol. The first kappa shape index (κ1) is 17.4. The minimum Gasteiger partial charge on any atom is -0.493 e. The van der Waals surface area contributed by atoms with Gasteiger partial charge in [-0.2, -0.15) is 0 Å². The Morgan fingerprint density at radius 2 is 2.26 bits per heavy atom. The van der Waals surface area contributed by atoms with Gasteiger partial charge in [-0.25, -0.2) is 4.98 Å². The van der Waals surface area contributed by atoms with Gasteiger partial charge >= 0.3 is 0 Å². The SMILES string of the molecule is COc1cccc2c1OCC(CNC(=O)CCc1cn3ccccc3n1)C2. The van der Waals surface area contributed by atoms with Gasteiger partial charge in [0.2, 0.25) is 5.91 Å². The predicted octanol–water partition coefficient (Wildman–Crippen LogP) is 2.64. The summed E-state index contributed by atoms with van der Waals surface area (Å²) in [6, 6.07) is 11.8. The number of aromatic nitrogens is 2. The largest absolute Gasteiger partial charge is 0.493 e. The minimum absolute atomic E-state index is 0.0449. The summed E-state index contributed by atoms with van der Waals surface area (Å²) in [5.74, 6) is 1.91. The number of carbonyl (C=O) groups is 1. The lowest BCUT2D eigenvalue weighted by molar-refractivity contribution is -0.121. The zero-order valence-corrected chi connectivity index (χ0v) is 15.4. The number of nitrogens with one attached hydrogen (secondary N) is 1. The molecule has 0 radical (unpaired) electrons. The molecule has 1 aromatic carbocycles. The average molecular weight is 365 g/mol. The Hall–Kier alpha value is -3.02. The van der Waals surface area contributed by atoms with Crippen LogP contribution < -0.4 is 14.8 Å². The topological polar surface area (TPSA) is 64.9 Å². The van der Waals surface area contributed by atoms with Gasteiger partial charge in [0, 0.05) is 31.3 Å². The number of carbonyl (C=O) groups excluding carboxylic acids is 1. The molecule has 0 saturated heterocycles. The molecule has 140 valence electrons. The van der Waals surface area contributed by atoms with Crippen molar-refractivity contribution < 1.29 is 14.3 Å². The highest BCUT2D eigenvalue weighted by molar-refractivity contribution is 5.76. The number of rotatable bonds is 6. The second-order valence-corrected chi connectivity index (χ2v) is 6.83. The van der Waals surface area contributed by atoms with Crippen LogP contribution in [0.2, 0.25) is 0 Å². The highest BCUT2D eigenvalue weighted by Crippen LogP contribution is 2.35. The first-order valence-corrected chi connectivity index (χ1v) is 9.21. The number of hydrogen-bond donors (Lipinski definition) is 1. The van der Waals surface area contributed by atoms with Crippen LogP contribution in [0.4, 0.5) is 0 Å². The molecule has 1 unspecified atom stereocenters. The Labute approximate surface area is 158 Å². The third-order valence-electron chi connectivity index (χ3n) is 4.86. The fourth-order valence-electron chi connectivity index (χ4n) is 3.44. The second-order valence-electron chi connectivity index (χ2n) is 6.83. The summed E-state index contributed by atoms with van der Waals surface area (Å²) in [5, 5.41) is 3.03. The van der Waals surface area contributed by atoms with Gasteiger partial charge in [-0.05, 0) is 36.6 Å². The number of benzene rings is 1. The second kappa shape index (κ2) is 7.70. The van der Waals surface area contributed by atoms with Gasteiger partial charge in [0.05, 0.1) is 19.4 Å². The van der Waals surface area contributed by atoms with E-state index in [0.717, 1.165) is 34.8 Å². The maximum atomic E-state index is 12.2. The molecule has 4 rings (SSSR count). The van der Waals surface area contributed by atoms with E-state index in [2.05, 4.69) is 16.4 Å². The summed E-state index contributed by atoms with van der Waals surface area (Å²) >= 11 is 0. The van der Waals surface area contributed by atoms with Gasteiger partial charge in [0.15, 0.2) is 11.5 Å². The molecule has 0 bridgehead atoms. The Bertz CT molecular complexity index is 918. The molecule has 2 aromatic heterocycles. The lowest BCUT2D eigenvalue weighted by Gasteiger charge is -2.26. The van der Waals surface area contributed by atoms with Gasteiger partial charge in [0.25, 0.3) is 0 Å². The van der Waals surface area contributed by atoms with Crippen molar-refractivity contribution in [3.8, 4) is 11.5 Å². The van der Waals surface area contributed by atoms with Crippen molar-refractivity contribution in [1.29, 1.82) is 0 Å². The number of nitrogens with zero attached hydrogens (tertiary/aromatic N) is 2. The maximum absolute atomic E-state index is 12.2. The first-order chi connectivity index (χ1) is 13.2. The Kier molecular flexibility index (Phi) is 4.96. The van der Waals surface area contributed by atoms with Crippen molar-refractivity contribution in [3.05, 3.63) is 60.0 Å². The smallest absolute Gasteiger partial charge is 0.220 e. The van der Waals surface area contributed by atoms with Crippen molar-refractivity contribution in [2.24, 2.45) is 5.92 Å². The van der Waals surface area contributed by atoms with Crippen LogP contribution in [0.3, 0.4) is 0 Å². The summed E-state index contributed by atoms with van der Waals surface area (Å²) < 4.78 is 13.2. The molecule has 1 N–H and O–H groups in total. The first-order valence-electron chi connectivity index (χ1n) is 9.21. The molecule has 27 heavy (non-hydrogen) atoms. The number of methoxy groups -OCH3 is 1. The van der Waals surface area contributed by atoms with Crippen LogP contribution in [-0.4, -0.2) is 35.6 Å². The lowest BCUT2D eigenvalue weighted by atomic mass is 9.96. The number of aryl methyl sites for hydroxylation is 1. The quantitative estimate of drug-likeness (QED) is 0.729. The molecule has 1 aliphatic heterocycles. The van der Waals surface area contributed by atoms with Gasteiger partial charge in [-0.3, -0.25) is 4.79 Å². The summed E-state index contributed by atoms with van der Waals surface area (Å²) in [6.07, 6.45) is 5.87. The van der Waals surface area contributed by atoms with E-state index in [9.17, 15) is 4.79 Å². The molecular weight excluding hydrogens is 342 g/mol. The van der Waals surface area contributed by atoms with Crippen LogP contribution in [0.1, 0.15) is 17.7 Å². The van der Waals surface area contributed by atoms with E-state index in [1.165, 1.54) is 0 Å². The number of hydrogen-bond acceptors (Lipinski definition) is 4. The van der Waals surface area contributed by atoms with Crippen molar-refractivity contribution >= 4 is 11.6 Å². The van der Waals surface area contributed by atoms with Crippen LogP contribution in [-0.2, 0) is 17.6 Å². The van der Waals surface area contributed by atoms with Gasteiger partial charge in [-0.1, -0.05) is 18.2 Å². The van der Waals surface area contributed by atoms with Crippen molar-refractivity contribution in [1.82, 2.24) is 14.7 Å². The third kappa shape index (κ3) is 3.89. The fourth-order valence-corrected chi connectivity index (χ4v) is 3.44. The van der Waals surface area contributed by atoms with Crippen LogP contribution in [0.25, 0.3) is 5.65 Å². The fraction of sp³-hybridized carbons (Fsp3) is 0.333. The highest BCUT2D eigenvalue weighted by atomic mass is 16.5. The van der Waals surface area contributed by atoms with Gasteiger partial charge < -0.3 is 19.2 Å². The molecule has 0 fully saturated rings. The van der Waals surface area contributed by atoms with Gasteiger partial charge in [0.1, 0.15) is 5.65 Å². The Morgan fingerprint density at radius 1 is 1.33 bits per heavy atom. The molecule has 0 aliphatic carbocycles. The number of fused-ring (bicyclic) bond motifs is 2. The normalized spacial score (nSPS) is 15.8. The predicted molar refractivity (Wildman–Crippen MR) is 102 cm³/mol. The standard InChI is InChI=1S/C21H23N3O3/c1-26-18-6-4-5-16-11-15(14-27-21(16)18)12-22-20(25)9-8-17-13-24-10-3-2-7-19(24)23-17/h2-7,10,13,15H,8-9,11-12,14H2,1H3,(H,22,25). The lowest BCUT2D eigenvalue weighted by Crippen LogP contribution is -2.35. The number of para-hydroxylation sites is 1. The summed E-state index contributed by atoms with van der Waals surface area (Å²) in [5.41, 5.74) is 2.96. The summed E-state index contributed by atoms with van der Waals surface area (Å²) in [6.45, 7) is 1.20. The van der Waals surface area contributed by atoms with E-state index in [4.69, 9.17) is 9.47 Å². The number of amides is 1. The zero-order chi connectivity index (χ0) is 18.6. The Balaban J connectivity index is 1.27. The molecule has 6 heteroatoms. The molecule has 3 aromatic rings. The number of pyridine rings is 1. The molecule has 0 spiro atoms. The third-order valence-corrected chi connectivity index (χ3v) is 4.86. The molecular formula is C21H23N3O3. The van der Waals surface area contributed by atoms with Crippen LogP contribution in [0.15, 0.2) is 48.8 Å². The highest BCUT2D eigenvalue weighted by Gasteiger charge is 2.23. The number of imidazole rings is 1. The van der Waals surface area contributed by atoms with Crippen molar-refractivity contribution in [2.45, 2.75) is 19.3 Å². The maximum Gasteiger partial charge on any atom is 0.220 e. The number of ether oxygens (including phenoxy) is 2. The van der Waals surface area contributed by atoms with E-state index in [0.29, 0.717) is 26.0 Å². The average Bonchev–Trinajstić information content (AvgIpc) is 3.13. The minimum atomic E-state index is 0.0449. The summed E-state index contributed by atoms with van der Waals surface area (Å²) in [4.78, 5) is 16.7. The van der Waals surface area contributed by atoms with Crippen LogP contribution >= 0.6 is 0 Å². The van der Waals surface area contributed by atoms with E-state index < -0.39 is 0 Å². The molecule has 1 aliphatic rings. The molecule has 3 heterocycles. The molecule has 6 nitrogen and oxygen atoms in total. The molecule has 0 saturated carbocycles. The van der Waals surface area contributed by atoms with E-state index >= 15 is 0 Å². The molecule has 1 atom stereocenters.